The van der Waals surface area contributed by atoms with E-state index < -0.39 is 12.0 Å². The second-order valence-corrected chi connectivity index (χ2v) is 10.1. The smallest absolute Gasteiger partial charge is 0.306 e. The molecule has 0 heterocycles. The highest BCUT2D eigenvalue weighted by Crippen LogP contribution is 2.14. The molecule has 206 valence electrons. The van der Waals surface area contributed by atoms with Crippen molar-refractivity contribution in [3.63, 3.8) is 0 Å². The lowest BCUT2D eigenvalue weighted by Gasteiger charge is -2.23. The Bertz CT molecular complexity index is 539. The van der Waals surface area contributed by atoms with Crippen molar-refractivity contribution in [3.05, 3.63) is 0 Å². The molecule has 6 nitrogen and oxygen atoms in total. The fourth-order valence-corrected chi connectivity index (χ4v) is 4.26. The minimum absolute atomic E-state index is 0.0242. The second kappa shape index (κ2) is 24.1. The van der Waals surface area contributed by atoms with E-state index in [1.165, 1.54) is 97.0 Å². The van der Waals surface area contributed by atoms with Gasteiger partial charge in [0.1, 0.15) is 6.04 Å². The van der Waals surface area contributed by atoms with Gasteiger partial charge < -0.3 is 15.4 Å². The van der Waals surface area contributed by atoms with Gasteiger partial charge in [0.05, 0.1) is 13.5 Å². The topological polar surface area (TPSA) is 84.5 Å². The fourth-order valence-electron chi connectivity index (χ4n) is 4.26. The van der Waals surface area contributed by atoms with E-state index in [1.807, 2.05) is 13.8 Å². The SMILES string of the molecule is CCCCCCCCCCCCCCCCCCNC(=O)[C@@H](NC(=O)CCC(=O)OC)[C@@H](C)CC. The Hall–Kier alpha value is -1.59. The zero-order chi connectivity index (χ0) is 26.2. The lowest BCUT2D eigenvalue weighted by atomic mass is 9.98. The number of hydrogen-bond acceptors (Lipinski definition) is 4. The molecule has 0 saturated heterocycles. The summed E-state index contributed by atoms with van der Waals surface area (Å²) in [6.07, 6.45) is 22.1. The van der Waals surface area contributed by atoms with E-state index in [9.17, 15) is 14.4 Å². The van der Waals surface area contributed by atoms with E-state index in [0.29, 0.717) is 6.54 Å². The standard InChI is InChI=1S/C29H56N2O4/c1-5-7-8-9-10-11-12-13-14-15-16-17-18-19-20-21-24-30-29(34)28(25(3)6-2)31-26(32)22-23-27(33)35-4/h25,28H,5-24H2,1-4H3,(H,30,34)(H,31,32)/t25-,28-/m0/s1. The zero-order valence-electron chi connectivity index (χ0n) is 23.4. The van der Waals surface area contributed by atoms with Crippen LogP contribution in [0.15, 0.2) is 0 Å². The van der Waals surface area contributed by atoms with Crippen molar-refractivity contribution in [2.75, 3.05) is 13.7 Å². The summed E-state index contributed by atoms with van der Waals surface area (Å²) in [6.45, 7) is 6.87. The Labute approximate surface area is 216 Å². The van der Waals surface area contributed by atoms with Crippen molar-refractivity contribution in [1.82, 2.24) is 10.6 Å². The summed E-state index contributed by atoms with van der Waals surface area (Å²) in [5.41, 5.74) is 0. The number of amides is 2. The first-order valence-electron chi connectivity index (χ1n) is 14.6. The summed E-state index contributed by atoms with van der Waals surface area (Å²) in [5, 5.41) is 5.78. The number of rotatable bonds is 24. The van der Waals surface area contributed by atoms with Gasteiger partial charge in [-0.25, -0.2) is 0 Å². The molecule has 0 aliphatic carbocycles. The summed E-state index contributed by atoms with van der Waals surface area (Å²) in [7, 11) is 1.30. The Kier molecular flexibility index (Phi) is 23.0. The van der Waals surface area contributed by atoms with E-state index >= 15 is 0 Å². The number of carbonyl (C=O) groups is 3. The normalized spacial score (nSPS) is 12.7. The summed E-state index contributed by atoms with van der Waals surface area (Å²) >= 11 is 0. The lowest BCUT2D eigenvalue weighted by molar-refractivity contribution is -0.142. The van der Waals surface area contributed by atoms with Crippen LogP contribution in [0.2, 0.25) is 0 Å². The predicted octanol–water partition coefficient (Wildman–Crippen LogP) is 6.85. The van der Waals surface area contributed by atoms with Crippen molar-refractivity contribution in [3.8, 4) is 0 Å². The highest BCUT2D eigenvalue weighted by atomic mass is 16.5. The molecule has 0 aliphatic heterocycles. The van der Waals surface area contributed by atoms with E-state index in [0.717, 1.165) is 19.3 Å². The van der Waals surface area contributed by atoms with Crippen molar-refractivity contribution in [1.29, 1.82) is 0 Å². The van der Waals surface area contributed by atoms with Crippen LogP contribution in [0.25, 0.3) is 0 Å². The molecule has 6 heteroatoms. The Morgan fingerprint density at radius 2 is 1.14 bits per heavy atom. The van der Waals surface area contributed by atoms with Gasteiger partial charge in [0.15, 0.2) is 0 Å². The Balaban J connectivity index is 3.74. The molecule has 0 rings (SSSR count). The molecule has 0 radical (unpaired) electrons. The van der Waals surface area contributed by atoms with Crippen molar-refractivity contribution in [2.45, 2.75) is 149 Å². The molecular formula is C29H56N2O4. The first-order chi connectivity index (χ1) is 17.0. The molecule has 2 atom stereocenters. The fraction of sp³-hybridized carbons (Fsp3) is 0.897. The lowest BCUT2D eigenvalue weighted by Crippen LogP contribution is -2.50. The molecular weight excluding hydrogens is 440 g/mol. The molecule has 0 fully saturated rings. The maximum atomic E-state index is 12.6. The van der Waals surface area contributed by atoms with Crippen molar-refractivity contribution in [2.24, 2.45) is 5.92 Å². The van der Waals surface area contributed by atoms with E-state index in [4.69, 9.17) is 0 Å². The van der Waals surface area contributed by atoms with Gasteiger partial charge in [-0.05, 0) is 12.3 Å². The van der Waals surface area contributed by atoms with E-state index in [1.54, 1.807) is 0 Å². The summed E-state index contributed by atoms with van der Waals surface area (Å²) in [5.74, 6) is -0.818. The third-order valence-electron chi connectivity index (χ3n) is 6.93. The van der Waals surface area contributed by atoms with Crippen LogP contribution < -0.4 is 10.6 Å². The molecule has 0 spiro atoms. The van der Waals surface area contributed by atoms with Crippen LogP contribution in [0.1, 0.15) is 143 Å². The minimum Gasteiger partial charge on any atom is -0.469 e. The van der Waals surface area contributed by atoms with Gasteiger partial charge in [0.2, 0.25) is 11.8 Å². The number of hydrogen-bond donors (Lipinski definition) is 2. The number of ether oxygens (including phenoxy) is 1. The maximum absolute atomic E-state index is 12.6. The van der Waals surface area contributed by atoms with Crippen LogP contribution in [0.5, 0.6) is 0 Å². The molecule has 2 amide bonds. The minimum atomic E-state index is -0.564. The summed E-state index contributed by atoms with van der Waals surface area (Å²) < 4.78 is 4.57. The van der Waals surface area contributed by atoms with E-state index in [2.05, 4.69) is 22.3 Å². The van der Waals surface area contributed by atoms with Gasteiger partial charge in [-0.15, -0.1) is 0 Å². The molecule has 0 unspecified atom stereocenters. The van der Waals surface area contributed by atoms with E-state index in [-0.39, 0.29) is 30.6 Å². The van der Waals surface area contributed by atoms with Crippen LogP contribution in [0.3, 0.4) is 0 Å². The summed E-state index contributed by atoms with van der Waals surface area (Å²) in [6, 6.07) is -0.564. The summed E-state index contributed by atoms with van der Waals surface area (Å²) in [4.78, 5) is 36.0. The van der Waals surface area contributed by atoms with Crippen molar-refractivity contribution >= 4 is 17.8 Å². The third kappa shape index (κ3) is 20.3. The van der Waals surface area contributed by atoms with Crippen LogP contribution in [-0.2, 0) is 19.1 Å². The number of methoxy groups -OCH3 is 1. The van der Waals surface area contributed by atoms with Crippen molar-refractivity contribution < 1.29 is 19.1 Å². The van der Waals surface area contributed by atoms with Gasteiger partial charge in [-0.2, -0.15) is 0 Å². The first kappa shape index (κ1) is 33.4. The highest BCUT2D eigenvalue weighted by molar-refractivity contribution is 5.88. The molecule has 0 aromatic heterocycles. The molecule has 0 aromatic carbocycles. The number of esters is 1. The van der Waals surface area contributed by atoms with Gasteiger partial charge in [0.25, 0.3) is 0 Å². The third-order valence-corrected chi connectivity index (χ3v) is 6.93. The second-order valence-electron chi connectivity index (χ2n) is 10.1. The van der Waals surface area contributed by atoms with Crippen LogP contribution in [0, 0.1) is 5.92 Å². The van der Waals surface area contributed by atoms with Crippen LogP contribution >= 0.6 is 0 Å². The average Bonchev–Trinajstić information content (AvgIpc) is 2.86. The van der Waals surface area contributed by atoms with Gasteiger partial charge in [-0.3, -0.25) is 14.4 Å². The van der Waals surface area contributed by atoms with Gasteiger partial charge in [-0.1, -0.05) is 124 Å². The van der Waals surface area contributed by atoms with Gasteiger partial charge >= 0.3 is 5.97 Å². The molecule has 35 heavy (non-hydrogen) atoms. The monoisotopic (exact) mass is 496 g/mol. The van der Waals surface area contributed by atoms with Crippen LogP contribution in [0.4, 0.5) is 0 Å². The quantitative estimate of drug-likeness (QED) is 0.113. The molecule has 0 aliphatic rings. The molecule has 0 aromatic rings. The zero-order valence-corrected chi connectivity index (χ0v) is 23.4. The Morgan fingerprint density at radius 1 is 0.686 bits per heavy atom. The molecule has 2 N–H and O–H groups in total. The number of unbranched alkanes of at least 4 members (excludes halogenated alkanes) is 15. The predicted molar refractivity (Wildman–Crippen MR) is 145 cm³/mol. The Morgan fingerprint density at radius 3 is 1.57 bits per heavy atom. The number of carbonyl (C=O) groups excluding carboxylic acids is 3. The largest absolute Gasteiger partial charge is 0.469 e. The number of nitrogens with one attached hydrogen (secondary N) is 2. The first-order valence-corrected chi connectivity index (χ1v) is 14.6. The maximum Gasteiger partial charge on any atom is 0.306 e. The van der Waals surface area contributed by atoms with Crippen LogP contribution in [-0.4, -0.2) is 37.5 Å². The highest BCUT2D eigenvalue weighted by Gasteiger charge is 2.25. The average molecular weight is 497 g/mol. The molecule has 0 saturated carbocycles. The van der Waals surface area contributed by atoms with Gasteiger partial charge in [0, 0.05) is 13.0 Å². The molecule has 0 bridgehead atoms.